The summed E-state index contributed by atoms with van der Waals surface area (Å²) in [6, 6.07) is 8.01. The number of carbonyl (C=O) groups excluding carboxylic acids is 3. The number of rotatable bonds is 13. The predicted octanol–water partition coefficient (Wildman–Crippen LogP) is 3.21. The van der Waals surface area contributed by atoms with Gasteiger partial charge in [-0.1, -0.05) is 44.2 Å². The SMILES string of the molecule is CCOP(=O)(OCC)C(NC(=O)[C@H](CC(C)C)NC(=O)OCc1ccccc1)C(=O)OC. The van der Waals surface area contributed by atoms with Crippen molar-refractivity contribution in [2.24, 2.45) is 5.92 Å². The average Bonchev–Trinajstić information content (AvgIpc) is 2.75. The molecule has 0 radical (unpaired) electrons. The van der Waals surface area contributed by atoms with Crippen LogP contribution in [0.25, 0.3) is 0 Å². The maximum absolute atomic E-state index is 13.1. The molecular formula is C21H33N2O8P. The molecule has 0 saturated heterocycles. The van der Waals surface area contributed by atoms with E-state index in [1.807, 2.05) is 32.0 Å². The highest BCUT2D eigenvalue weighted by molar-refractivity contribution is 7.55. The number of carbonyl (C=O) groups is 3. The predicted molar refractivity (Wildman–Crippen MR) is 118 cm³/mol. The molecule has 2 amide bonds. The van der Waals surface area contributed by atoms with Gasteiger partial charge in [-0.05, 0) is 31.7 Å². The van der Waals surface area contributed by atoms with Crippen LogP contribution in [0.2, 0.25) is 0 Å². The minimum absolute atomic E-state index is 0.0138. The van der Waals surface area contributed by atoms with Crippen molar-refractivity contribution in [3.8, 4) is 0 Å². The highest BCUT2D eigenvalue weighted by Gasteiger charge is 2.44. The Morgan fingerprint density at radius 1 is 1.00 bits per heavy atom. The summed E-state index contributed by atoms with van der Waals surface area (Å²) < 4.78 is 33.4. The van der Waals surface area contributed by atoms with Gasteiger partial charge < -0.3 is 29.2 Å². The first-order valence-electron chi connectivity index (χ1n) is 10.4. The van der Waals surface area contributed by atoms with Crippen LogP contribution in [0.15, 0.2) is 30.3 Å². The van der Waals surface area contributed by atoms with Gasteiger partial charge in [0.2, 0.25) is 11.7 Å². The highest BCUT2D eigenvalue weighted by atomic mass is 31.2. The molecule has 1 aromatic rings. The van der Waals surface area contributed by atoms with Crippen LogP contribution in [0.5, 0.6) is 0 Å². The lowest BCUT2D eigenvalue weighted by Gasteiger charge is -2.27. The van der Waals surface area contributed by atoms with Crippen molar-refractivity contribution >= 4 is 25.6 Å². The standard InChI is InChI=1S/C21H33N2O8P/c1-6-30-32(27,31-7-2)19(20(25)28-5)23-18(24)17(13-15(3)4)22-21(26)29-14-16-11-9-8-10-12-16/h8-12,15,17,19H,6-7,13-14H2,1-5H3,(H,22,26)(H,23,24)/t17-,19?/m0/s1. The van der Waals surface area contributed by atoms with E-state index in [-0.39, 0.29) is 32.2 Å². The molecule has 1 unspecified atom stereocenters. The van der Waals surface area contributed by atoms with Gasteiger partial charge in [-0.25, -0.2) is 9.59 Å². The Morgan fingerprint density at radius 2 is 1.59 bits per heavy atom. The van der Waals surface area contributed by atoms with Crippen LogP contribution < -0.4 is 10.6 Å². The highest BCUT2D eigenvalue weighted by Crippen LogP contribution is 2.52. The third kappa shape index (κ3) is 8.98. The Bertz CT molecular complexity index is 777. The van der Waals surface area contributed by atoms with Gasteiger partial charge >= 0.3 is 19.7 Å². The van der Waals surface area contributed by atoms with Crippen molar-refractivity contribution in [3.63, 3.8) is 0 Å². The van der Waals surface area contributed by atoms with Crippen LogP contribution in [0.4, 0.5) is 4.79 Å². The quantitative estimate of drug-likeness (QED) is 0.331. The average molecular weight is 472 g/mol. The van der Waals surface area contributed by atoms with Gasteiger partial charge in [-0.3, -0.25) is 9.36 Å². The fourth-order valence-corrected chi connectivity index (χ4v) is 4.51. The van der Waals surface area contributed by atoms with Crippen molar-refractivity contribution in [2.45, 2.75) is 52.5 Å². The number of nitrogens with one attached hydrogen (secondary N) is 2. The maximum Gasteiger partial charge on any atom is 0.408 e. The van der Waals surface area contributed by atoms with Gasteiger partial charge in [-0.2, -0.15) is 0 Å². The number of ether oxygens (including phenoxy) is 2. The fraction of sp³-hybridized carbons (Fsp3) is 0.571. The number of benzene rings is 1. The molecule has 0 aliphatic carbocycles. The minimum Gasteiger partial charge on any atom is -0.467 e. The first-order chi connectivity index (χ1) is 15.2. The third-order valence-corrected chi connectivity index (χ3v) is 6.37. The van der Waals surface area contributed by atoms with Crippen LogP contribution in [0.1, 0.15) is 39.7 Å². The van der Waals surface area contributed by atoms with Gasteiger partial charge in [0.05, 0.1) is 20.3 Å². The van der Waals surface area contributed by atoms with Crippen LogP contribution in [0, 0.1) is 5.92 Å². The summed E-state index contributed by atoms with van der Waals surface area (Å²) in [5, 5.41) is 4.87. The lowest BCUT2D eigenvalue weighted by atomic mass is 10.0. The number of alkyl carbamates (subject to hydrolysis) is 1. The molecule has 10 nitrogen and oxygen atoms in total. The smallest absolute Gasteiger partial charge is 0.408 e. The summed E-state index contributed by atoms with van der Waals surface area (Å²) in [7, 11) is -2.98. The molecule has 32 heavy (non-hydrogen) atoms. The summed E-state index contributed by atoms with van der Waals surface area (Å²) in [6.45, 7) is 6.87. The summed E-state index contributed by atoms with van der Waals surface area (Å²) in [5.74, 6) is -3.40. The molecule has 0 saturated carbocycles. The Labute approximate surface area is 188 Å². The van der Waals surface area contributed by atoms with Crippen LogP contribution in [-0.2, 0) is 39.3 Å². The van der Waals surface area contributed by atoms with E-state index >= 15 is 0 Å². The lowest BCUT2D eigenvalue weighted by molar-refractivity contribution is -0.143. The van der Waals surface area contributed by atoms with E-state index in [9.17, 15) is 18.9 Å². The number of methoxy groups -OCH3 is 1. The molecule has 0 aromatic heterocycles. The second-order valence-electron chi connectivity index (χ2n) is 7.20. The van der Waals surface area contributed by atoms with Crippen LogP contribution in [-0.4, -0.2) is 50.1 Å². The van der Waals surface area contributed by atoms with Crippen molar-refractivity contribution in [1.29, 1.82) is 0 Å². The molecule has 0 aliphatic heterocycles. The second-order valence-corrected chi connectivity index (χ2v) is 9.31. The van der Waals surface area contributed by atoms with Crippen LogP contribution in [0.3, 0.4) is 0 Å². The second kappa shape index (κ2) is 13.9. The third-order valence-electron chi connectivity index (χ3n) is 4.17. The van der Waals surface area contributed by atoms with Gasteiger partial charge in [-0.15, -0.1) is 0 Å². The van der Waals surface area contributed by atoms with E-state index in [4.69, 9.17) is 13.8 Å². The zero-order valence-electron chi connectivity index (χ0n) is 19.2. The largest absolute Gasteiger partial charge is 0.467 e. The molecule has 11 heteroatoms. The molecule has 0 aliphatic rings. The van der Waals surface area contributed by atoms with Crippen molar-refractivity contribution in [2.75, 3.05) is 20.3 Å². The van der Waals surface area contributed by atoms with Gasteiger partial charge in [0.25, 0.3) is 0 Å². The topological polar surface area (TPSA) is 129 Å². The van der Waals surface area contributed by atoms with Crippen molar-refractivity contribution < 1.29 is 37.5 Å². The van der Waals surface area contributed by atoms with Gasteiger partial charge in [0, 0.05) is 0 Å². The Morgan fingerprint density at radius 3 is 2.09 bits per heavy atom. The molecule has 180 valence electrons. The Balaban J connectivity index is 2.95. The van der Waals surface area contributed by atoms with Gasteiger partial charge in [0.1, 0.15) is 12.6 Å². The molecule has 2 atom stereocenters. The first kappa shape index (κ1) is 27.6. The van der Waals surface area contributed by atoms with E-state index in [2.05, 4.69) is 15.4 Å². The van der Waals surface area contributed by atoms with E-state index in [1.54, 1.807) is 26.0 Å². The van der Waals surface area contributed by atoms with Gasteiger partial charge in [0.15, 0.2) is 0 Å². The number of hydrogen-bond donors (Lipinski definition) is 2. The van der Waals surface area contributed by atoms with Crippen molar-refractivity contribution in [3.05, 3.63) is 35.9 Å². The Hall–Kier alpha value is -2.42. The molecule has 0 heterocycles. The zero-order valence-corrected chi connectivity index (χ0v) is 20.1. The molecule has 0 spiro atoms. The molecule has 1 rings (SSSR count). The van der Waals surface area contributed by atoms with E-state index in [0.29, 0.717) is 0 Å². The summed E-state index contributed by atoms with van der Waals surface area (Å²) >= 11 is 0. The summed E-state index contributed by atoms with van der Waals surface area (Å²) in [5.41, 5.74) is 0.785. The number of amides is 2. The number of esters is 1. The molecule has 0 fully saturated rings. The fourth-order valence-electron chi connectivity index (χ4n) is 2.77. The molecule has 2 N–H and O–H groups in total. The summed E-state index contributed by atoms with van der Waals surface area (Å²) in [4.78, 5) is 37.5. The van der Waals surface area contributed by atoms with E-state index < -0.39 is 37.4 Å². The molecular weight excluding hydrogens is 439 g/mol. The minimum atomic E-state index is -4.07. The lowest BCUT2D eigenvalue weighted by Crippen LogP contribution is -2.52. The van der Waals surface area contributed by atoms with E-state index in [0.717, 1.165) is 12.7 Å². The Kier molecular flexibility index (Phi) is 12.0. The van der Waals surface area contributed by atoms with Crippen LogP contribution >= 0.6 is 7.60 Å². The van der Waals surface area contributed by atoms with E-state index in [1.165, 1.54) is 0 Å². The maximum atomic E-state index is 13.1. The normalized spacial score (nSPS) is 13.2. The first-order valence-corrected chi connectivity index (χ1v) is 12.0. The number of hydrogen-bond acceptors (Lipinski definition) is 8. The summed E-state index contributed by atoms with van der Waals surface area (Å²) in [6.07, 6.45) is -0.560. The molecule has 1 aromatic carbocycles. The zero-order chi connectivity index (χ0) is 24.1. The van der Waals surface area contributed by atoms with Crippen molar-refractivity contribution in [1.82, 2.24) is 10.6 Å². The molecule has 0 bridgehead atoms. The monoisotopic (exact) mass is 472 g/mol.